The fourth-order valence-corrected chi connectivity index (χ4v) is 8.27. The Morgan fingerprint density at radius 3 is 1.57 bits per heavy atom. The van der Waals surface area contributed by atoms with Crippen LogP contribution in [0, 0.1) is 16.7 Å². The molecule has 1 unspecified atom stereocenters. The van der Waals surface area contributed by atoms with Crippen LogP contribution in [-0.2, 0) is 19.2 Å². The summed E-state index contributed by atoms with van der Waals surface area (Å²) in [6.45, 7) is 24.9. The van der Waals surface area contributed by atoms with Gasteiger partial charge in [0, 0.05) is 45.0 Å². The van der Waals surface area contributed by atoms with Crippen molar-refractivity contribution in [2.75, 3.05) is 19.6 Å². The Bertz CT molecular complexity index is 1820. The molecule has 3 N–H and O–H groups in total. The average Bonchev–Trinajstić information content (AvgIpc) is 3.15. The minimum absolute atomic E-state index is 0.0424. The number of carbonyl (C=O) groups excluding carboxylic acids is 4. The largest absolute Gasteiger partial charge is 0.356 e. The van der Waals surface area contributed by atoms with Crippen molar-refractivity contribution >= 4 is 23.5 Å². The van der Waals surface area contributed by atoms with Crippen molar-refractivity contribution in [3.05, 3.63) is 117 Å². The first kappa shape index (κ1) is 52.6. The predicted octanol–water partition coefficient (Wildman–Crippen LogP) is 12.3. The standard InChI is InChI=1S/C54H81N3O4/c1-40(28-30-49-44(5)25-19-32-53(49,8)9)21-17-23-42(3)37-48(59)39-47(52(61)57-36-15-12-14-34-55-46(7)58)27-13-16-35-56-51(60)38-43(4)24-18-22-41(2)29-31-50-45(6)26-20-33-54(50,10)11/h17-18,21-24,28-31,37-38,47H,12-16,19-20,25-27,32-36,39H2,1-11H3,(H,55,58)(H,56,60)(H,57,61)/b23-17+,24-18+,30-28+,31-29+,40-21+,41-22+,42-37+,43-38+. The van der Waals surface area contributed by atoms with Crippen molar-refractivity contribution in [2.45, 2.75) is 160 Å². The first-order chi connectivity index (χ1) is 28.8. The van der Waals surface area contributed by atoms with E-state index in [0.29, 0.717) is 38.9 Å². The normalized spacial score (nSPS) is 18.5. The maximum Gasteiger partial charge on any atom is 0.244 e. The van der Waals surface area contributed by atoms with Gasteiger partial charge in [0.15, 0.2) is 5.78 Å². The Balaban J connectivity index is 1.94. The van der Waals surface area contributed by atoms with Gasteiger partial charge < -0.3 is 16.0 Å². The van der Waals surface area contributed by atoms with E-state index in [2.05, 4.69) is 108 Å². The molecule has 0 saturated carbocycles. The van der Waals surface area contributed by atoms with Crippen LogP contribution in [0.25, 0.3) is 0 Å². The second-order valence-electron chi connectivity index (χ2n) is 18.8. The fourth-order valence-electron chi connectivity index (χ4n) is 8.27. The van der Waals surface area contributed by atoms with Crippen LogP contribution >= 0.6 is 0 Å². The molecule has 2 rings (SSSR count). The molecular weight excluding hydrogens is 755 g/mol. The Morgan fingerprint density at radius 1 is 0.590 bits per heavy atom. The highest BCUT2D eigenvalue weighted by molar-refractivity contribution is 5.94. The number of amides is 3. The van der Waals surface area contributed by atoms with Crippen molar-refractivity contribution in [1.29, 1.82) is 0 Å². The summed E-state index contributed by atoms with van der Waals surface area (Å²) in [6, 6.07) is 0. The maximum absolute atomic E-state index is 13.3. The second-order valence-corrected chi connectivity index (χ2v) is 18.8. The number of ketones is 1. The van der Waals surface area contributed by atoms with Gasteiger partial charge in [-0.1, -0.05) is 117 Å². The smallest absolute Gasteiger partial charge is 0.244 e. The van der Waals surface area contributed by atoms with Crippen LogP contribution < -0.4 is 16.0 Å². The second kappa shape index (κ2) is 27.4. The number of hydrogen-bond donors (Lipinski definition) is 3. The SMILES string of the molecule is CC(=O)NCCCCCNC(=O)C(CCCCNC(=O)/C=C(C)/C=C/C=C(C)/C=C/C1=C(C)CCCC1(C)C)CC(=O)/C=C(C)/C=C/C=C(C)/C=C/C1=C(C)CCCC1(C)C. The van der Waals surface area contributed by atoms with E-state index in [1.807, 2.05) is 38.2 Å². The van der Waals surface area contributed by atoms with Crippen LogP contribution in [0.1, 0.15) is 160 Å². The Labute approximate surface area is 370 Å². The molecule has 0 fully saturated rings. The topological polar surface area (TPSA) is 104 Å². The van der Waals surface area contributed by atoms with Gasteiger partial charge in [0.2, 0.25) is 17.7 Å². The maximum atomic E-state index is 13.3. The lowest BCUT2D eigenvalue weighted by Crippen LogP contribution is -2.33. The summed E-state index contributed by atoms with van der Waals surface area (Å²) in [7, 11) is 0. The fraction of sp³-hybridized carbons (Fsp3) is 0.556. The minimum Gasteiger partial charge on any atom is -0.356 e. The molecule has 336 valence electrons. The molecule has 7 heteroatoms. The third-order valence-electron chi connectivity index (χ3n) is 11.9. The van der Waals surface area contributed by atoms with Gasteiger partial charge in [0.1, 0.15) is 0 Å². The number of hydrogen-bond acceptors (Lipinski definition) is 4. The lowest BCUT2D eigenvalue weighted by Gasteiger charge is -2.33. The molecule has 0 aliphatic heterocycles. The van der Waals surface area contributed by atoms with Crippen molar-refractivity contribution < 1.29 is 19.2 Å². The molecule has 2 aliphatic carbocycles. The highest BCUT2D eigenvalue weighted by atomic mass is 16.2. The van der Waals surface area contributed by atoms with Gasteiger partial charge in [-0.2, -0.15) is 0 Å². The zero-order chi connectivity index (χ0) is 45.4. The lowest BCUT2D eigenvalue weighted by atomic mass is 9.72. The molecule has 61 heavy (non-hydrogen) atoms. The van der Waals surface area contributed by atoms with Crippen LogP contribution in [0.5, 0.6) is 0 Å². The number of nitrogens with one attached hydrogen (secondary N) is 3. The molecule has 7 nitrogen and oxygen atoms in total. The molecular formula is C54H81N3O4. The number of allylic oxidation sites excluding steroid dienone is 19. The van der Waals surface area contributed by atoms with Crippen LogP contribution in [0.3, 0.4) is 0 Å². The molecule has 0 aromatic rings. The van der Waals surface area contributed by atoms with Crippen molar-refractivity contribution in [2.24, 2.45) is 16.7 Å². The van der Waals surface area contributed by atoms with Gasteiger partial charge in [-0.05, 0) is 151 Å². The molecule has 0 spiro atoms. The van der Waals surface area contributed by atoms with E-state index < -0.39 is 5.92 Å². The quantitative estimate of drug-likeness (QED) is 0.0512. The number of rotatable bonds is 24. The van der Waals surface area contributed by atoms with Gasteiger partial charge in [-0.15, -0.1) is 0 Å². The molecule has 0 aromatic carbocycles. The van der Waals surface area contributed by atoms with E-state index in [1.165, 1.54) is 61.3 Å². The molecule has 3 amide bonds. The summed E-state index contributed by atoms with van der Waals surface area (Å²) in [5.74, 6) is -0.850. The third kappa shape index (κ3) is 21.7. The molecule has 0 aromatic heterocycles. The average molecular weight is 836 g/mol. The van der Waals surface area contributed by atoms with E-state index in [4.69, 9.17) is 0 Å². The van der Waals surface area contributed by atoms with Crippen LogP contribution in [0.15, 0.2) is 117 Å². The first-order valence-electron chi connectivity index (χ1n) is 23.0. The monoisotopic (exact) mass is 836 g/mol. The highest BCUT2D eigenvalue weighted by Crippen LogP contribution is 2.41. The minimum atomic E-state index is -0.460. The molecule has 0 heterocycles. The molecule has 1 atom stereocenters. The molecule has 0 bridgehead atoms. The van der Waals surface area contributed by atoms with Gasteiger partial charge in [0.05, 0.1) is 0 Å². The number of unbranched alkanes of at least 4 members (excludes halogenated alkanes) is 3. The summed E-state index contributed by atoms with van der Waals surface area (Å²) in [5, 5.41) is 8.81. The summed E-state index contributed by atoms with van der Waals surface area (Å²) >= 11 is 0. The van der Waals surface area contributed by atoms with Crippen LogP contribution in [-0.4, -0.2) is 43.1 Å². The van der Waals surface area contributed by atoms with E-state index >= 15 is 0 Å². The van der Waals surface area contributed by atoms with Gasteiger partial charge in [-0.25, -0.2) is 0 Å². The first-order valence-corrected chi connectivity index (χ1v) is 23.0. The summed E-state index contributed by atoms with van der Waals surface area (Å²) in [5.41, 5.74) is 10.2. The zero-order valence-corrected chi connectivity index (χ0v) is 40.0. The van der Waals surface area contributed by atoms with E-state index in [0.717, 1.165) is 48.0 Å². The lowest BCUT2D eigenvalue weighted by molar-refractivity contribution is -0.128. The van der Waals surface area contributed by atoms with Gasteiger partial charge in [-0.3, -0.25) is 19.2 Å². The molecule has 2 aliphatic rings. The van der Waals surface area contributed by atoms with Crippen LogP contribution in [0.4, 0.5) is 0 Å². The van der Waals surface area contributed by atoms with E-state index in [1.54, 1.807) is 12.2 Å². The third-order valence-corrected chi connectivity index (χ3v) is 11.9. The van der Waals surface area contributed by atoms with Crippen LogP contribution in [0.2, 0.25) is 0 Å². The molecule has 0 saturated heterocycles. The summed E-state index contributed by atoms with van der Waals surface area (Å²) < 4.78 is 0. The Kier molecular flexibility index (Phi) is 23.7. The van der Waals surface area contributed by atoms with Gasteiger partial charge in [0.25, 0.3) is 0 Å². The van der Waals surface area contributed by atoms with Crippen molar-refractivity contribution in [3.8, 4) is 0 Å². The molecule has 0 radical (unpaired) electrons. The Hall–Kier alpha value is -4.52. The zero-order valence-electron chi connectivity index (χ0n) is 40.0. The van der Waals surface area contributed by atoms with Crippen molar-refractivity contribution in [3.63, 3.8) is 0 Å². The van der Waals surface area contributed by atoms with E-state index in [-0.39, 0.29) is 40.8 Å². The van der Waals surface area contributed by atoms with Crippen molar-refractivity contribution in [1.82, 2.24) is 16.0 Å². The predicted molar refractivity (Wildman–Crippen MR) is 258 cm³/mol. The highest BCUT2D eigenvalue weighted by Gasteiger charge is 2.27. The van der Waals surface area contributed by atoms with Gasteiger partial charge >= 0.3 is 0 Å². The summed E-state index contributed by atoms with van der Waals surface area (Å²) in [6.07, 6.45) is 35.9. The number of carbonyl (C=O) groups is 4. The van der Waals surface area contributed by atoms with E-state index in [9.17, 15) is 19.2 Å². The Morgan fingerprint density at radius 2 is 1.07 bits per heavy atom. The summed E-state index contributed by atoms with van der Waals surface area (Å²) in [4.78, 5) is 50.3.